The molecule has 1 aliphatic rings. The largest absolute Gasteiger partial charge is 0.371 e. The number of anilines is 1. The molecule has 0 spiro atoms. The van der Waals surface area contributed by atoms with Gasteiger partial charge in [0.15, 0.2) is 0 Å². The molecule has 5 nitrogen and oxygen atoms in total. The fourth-order valence-electron chi connectivity index (χ4n) is 3.08. The van der Waals surface area contributed by atoms with Crippen molar-refractivity contribution in [3.63, 3.8) is 0 Å². The average Bonchev–Trinajstić information content (AvgIpc) is 2.61. The van der Waals surface area contributed by atoms with Gasteiger partial charge in [-0.3, -0.25) is 9.62 Å². The van der Waals surface area contributed by atoms with Gasteiger partial charge in [0.1, 0.15) is 5.82 Å². The van der Waals surface area contributed by atoms with Crippen LogP contribution in [0.2, 0.25) is 0 Å². The van der Waals surface area contributed by atoms with E-state index in [-0.39, 0.29) is 11.0 Å². The number of nitrogens with one attached hydrogen (secondary N) is 1. The molecule has 1 heterocycles. The number of hydrogen-bond donors (Lipinski definition) is 1. The molecule has 0 bridgehead atoms. The van der Waals surface area contributed by atoms with Gasteiger partial charge in [-0.2, -0.15) is 0 Å². The molecule has 7 heteroatoms. The first-order chi connectivity index (χ1) is 12.4. The Bertz CT molecular complexity index is 869. The first-order valence-electron chi connectivity index (χ1n) is 8.62. The minimum atomic E-state index is -3.77. The summed E-state index contributed by atoms with van der Waals surface area (Å²) in [6.45, 7) is 7.13. The predicted octanol–water partition coefficient (Wildman–Crippen LogP) is 3.33. The van der Waals surface area contributed by atoms with Crippen LogP contribution in [-0.2, 0) is 14.8 Å². The van der Waals surface area contributed by atoms with Crippen LogP contribution in [-0.4, -0.2) is 39.6 Å². The third kappa shape index (κ3) is 4.23. The Morgan fingerprint density at radius 2 is 1.96 bits per heavy atom. The predicted molar refractivity (Wildman–Crippen MR) is 99.2 cm³/mol. The van der Waals surface area contributed by atoms with Gasteiger partial charge in [-0.25, -0.2) is 12.8 Å². The zero-order valence-corrected chi connectivity index (χ0v) is 15.7. The van der Waals surface area contributed by atoms with E-state index in [9.17, 15) is 12.8 Å². The van der Waals surface area contributed by atoms with E-state index < -0.39 is 15.8 Å². The minimum absolute atomic E-state index is 0.00583. The number of benzene rings is 2. The second-order valence-electron chi connectivity index (χ2n) is 6.39. The second kappa shape index (κ2) is 7.73. The van der Waals surface area contributed by atoms with Crippen LogP contribution >= 0.6 is 0 Å². The maximum absolute atomic E-state index is 13.2. The van der Waals surface area contributed by atoms with Gasteiger partial charge in [0, 0.05) is 18.8 Å². The molecule has 2 aromatic carbocycles. The summed E-state index contributed by atoms with van der Waals surface area (Å²) < 4.78 is 46.6. The number of hydrogen-bond acceptors (Lipinski definition) is 4. The van der Waals surface area contributed by atoms with E-state index in [0.29, 0.717) is 17.9 Å². The Balaban J connectivity index is 1.74. The number of aryl methyl sites for hydroxylation is 1. The van der Waals surface area contributed by atoms with Crippen LogP contribution in [0.1, 0.15) is 24.2 Å². The average molecular weight is 378 g/mol. The highest BCUT2D eigenvalue weighted by atomic mass is 32.2. The van der Waals surface area contributed by atoms with E-state index in [0.717, 1.165) is 31.3 Å². The minimum Gasteiger partial charge on any atom is -0.371 e. The van der Waals surface area contributed by atoms with Gasteiger partial charge in [0.05, 0.1) is 17.6 Å². The Morgan fingerprint density at radius 1 is 1.23 bits per heavy atom. The quantitative estimate of drug-likeness (QED) is 0.867. The highest BCUT2D eigenvalue weighted by molar-refractivity contribution is 7.92. The molecule has 0 amide bonds. The van der Waals surface area contributed by atoms with E-state index in [1.54, 1.807) is 19.1 Å². The van der Waals surface area contributed by atoms with Crippen LogP contribution in [0.15, 0.2) is 47.4 Å². The van der Waals surface area contributed by atoms with Crippen LogP contribution < -0.4 is 4.72 Å². The first kappa shape index (κ1) is 18.8. The molecule has 1 saturated heterocycles. The summed E-state index contributed by atoms with van der Waals surface area (Å²) in [5.41, 5.74) is 1.84. The molecule has 0 aromatic heterocycles. The SMILES string of the molecule is CCN1CCOC(c2ccc(NS(=O)(=O)c3ccc(F)cc3C)cc2)C1. The van der Waals surface area contributed by atoms with E-state index in [1.807, 2.05) is 12.1 Å². The number of rotatable bonds is 5. The molecular formula is C19H23FN2O3S. The smallest absolute Gasteiger partial charge is 0.262 e. The molecular weight excluding hydrogens is 355 g/mol. The van der Waals surface area contributed by atoms with Crippen molar-refractivity contribution in [1.29, 1.82) is 0 Å². The fraction of sp³-hybridized carbons (Fsp3) is 0.368. The summed E-state index contributed by atoms with van der Waals surface area (Å²) >= 11 is 0. The molecule has 1 aliphatic heterocycles. The molecule has 0 radical (unpaired) electrons. The zero-order chi connectivity index (χ0) is 18.7. The van der Waals surface area contributed by atoms with Crippen LogP contribution in [0.4, 0.5) is 10.1 Å². The molecule has 140 valence electrons. The first-order valence-corrected chi connectivity index (χ1v) is 10.1. The van der Waals surface area contributed by atoms with Crippen molar-refractivity contribution in [3.05, 3.63) is 59.4 Å². The van der Waals surface area contributed by atoms with Gasteiger partial charge >= 0.3 is 0 Å². The Morgan fingerprint density at radius 3 is 2.62 bits per heavy atom. The summed E-state index contributed by atoms with van der Waals surface area (Å²) in [5.74, 6) is -0.459. The Kier molecular flexibility index (Phi) is 5.60. The summed E-state index contributed by atoms with van der Waals surface area (Å²) in [7, 11) is -3.77. The molecule has 2 aromatic rings. The lowest BCUT2D eigenvalue weighted by molar-refractivity contribution is -0.0281. The maximum Gasteiger partial charge on any atom is 0.262 e. The van der Waals surface area contributed by atoms with Crippen molar-refractivity contribution in [3.8, 4) is 0 Å². The Hall–Kier alpha value is -1.96. The molecule has 1 N–H and O–H groups in total. The highest BCUT2D eigenvalue weighted by Gasteiger charge is 2.21. The normalized spacial score (nSPS) is 18.7. The summed E-state index contributed by atoms with van der Waals surface area (Å²) in [5, 5.41) is 0. The lowest BCUT2D eigenvalue weighted by atomic mass is 10.1. The number of halogens is 1. The van der Waals surface area contributed by atoms with E-state index in [4.69, 9.17) is 4.74 Å². The van der Waals surface area contributed by atoms with Crippen molar-refractivity contribution >= 4 is 15.7 Å². The van der Waals surface area contributed by atoms with E-state index >= 15 is 0 Å². The van der Waals surface area contributed by atoms with Crippen LogP contribution in [0.25, 0.3) is 0 Å². The van der Waals surface area contributed by atoms with Crippen LogP contribution in [0.3, 0.4) is 0 Å². The third-order valence-electron chi connectivity index (χ3n) is 4.56. The molecule has 1 unspecified atom stereocenters. The molecule has 0 saturated carbocycles. The number of likely N-dealkylation sites (N-methyl/N-ethyl adjacent to an activating group) is 1. The highest BCUT2D eigenvalue weighted by Crippen LogP contribution is 2.25. The number of nitrogens with zero attached hydrogens (tertiary/aromatic N) is 1. The second-order valence-corrected chi connectivity index (χ2v) is 8.04. The summed E-state index contributed by atoms with van der Waals surface area (Å²) in [4.78, 5) is 2.39. The lowest BCUT2D eigenvalue weighted by Crippen LogP contribution is -2.38. The monoisotopic (exact) mass is 378 g/mol. The molecule has 1 fully saturated rings. The fourth-order valence-corrected chi connectivity index (χ4v) is 4.37. The van der Waals surface area contributed by atoms with Crippen LogP contribution in [0.5, 0.6) is 0 Å². The standard InChI is InChI=1S/C19H23FN2O3S/c1-3-22-10-11-25-18(13-22)15-4-7-17(8-5-15)21-26(23,24)19-9-6-16(20)12-14(19)2/h4-9,12,18,21H,3,10-11,13H2,1-2H3. The van der Waals surface area contributed by atoms with Gasteiger partial charge in [-0.1, -0.05) is 19.1 Å². The van der Waals surface area contributed by atoms with Gasteiger partial charge in [-0.05, 0) is 54.9 Å². The van der Waals surface area contributed by atoms with Crippen molar-refractivity contribution in [2.45, 2.75) is 24.8 Å². The third-order valence-corrected chi connectivity index (χ3v) is 6.10. The van der Waals surface area contributed by atoms with Gasteiger partial charge in [0.25, 0.3) is 10.0 Å². The molecule has 0 aliphatic carbocycles. The lowest BCUT2D eigenvalue weighted by Gasteiger charge is -2.32. The maximum atomic E-state index is 13.2. The van der Waals surface area contributed by atoms with Crippen molar-refractivity contribution in [1.82, 2.24) is 4.90 Å². The topological polar surface area (TPSA) is 58.6 Å². The van der Waals surface area contributed by atoms with E-state index in [1.165, 1.54) is 12.1 Å². The Labute approximate surface area is 153 Å². The number of morpholine rings is 1. The molecule has 3 rings (SSSR count). The van der Waals surface area contributed by atoms with Gasteiger partial charge in [-0.15, -0.1) is 0 Å². The number of ether oxygens (including phenoxy) is 1. The zero-order valence-electron chi connectivity index (χ0n) is 14.9. The number of sulfonamides is 1. The van der Waals surface area contributed by atoms with Crippen LogP contribution in [0, 0.1) is 12.7 Å². The summed E-state index contributed by atoms with van der Waals surface area (Å²) in [6.07, 6.45) is -0.00583. The van der Waals surface area contributed by atoms with Crippen molar-refractivity contribution < 1.29 is 17.5 Å². The van der Waals surface area contributed by atoms with Gasteiger partial charge in [0.2, 0.25) is 0 Å². The molecule has 26 heavy (non-hydrogen) atoms. The van der Waals surface area contributed by atoms with Crippen molar-refractivity contribution in [2.24, 2.45) is 0 Å². The summed E-state index contributed by atoms with van der Waals surface area (Å²) in [6, 6.07) is 10.8. The molecule has 1 atom stereocenters. The van der Waals surface area contributed by atoms with Crippen molar-refractivity contribution in [2.75, 3.05) is 31.0 Å². The van der Waals surface area contributed by atoms with Gasteiger partial charge < -0.3 is 4.74 Å². The van der Waals surface area contributed by atoms with E-state index in [2.05, 4.69) is 16.5 Å².